The molecule has 2 aliphatic rings. The number of nitrogens with zero attached hydrogens (tertiary/aromatic N) is 3. The predicted octanol–water partition coefficient (Wildman–Crippen LogP) is 3.94. The van der Waals surface area contributed by atoms with Gasteiger partial charge in [-0.15, -0.1) is 0 Å². The lowest BCUT2D eigenvalue weighted by Crippen LogP contribution is -2.38. The number of rotatable bonds is 4. The predicted molar refractivity (Wildman–Crippen MR) is 141 cm³/mol. The van der Waals surface area contributed by atoms with E-state index in [1.54, 1.807) is 23.8 Å². The zero-order chi connectivity index (χ0) is 25.7. The van der Waals surface area contributed by atoms with E-state index in [4.69, 9.17) is 9.73 Å². The highest BCUT2D eigenvalue weighted by molar-refractivity contribution is 7.07. The zero-order valence-corrected chi connectivity index (χ0v) is 20.6. The Balaban J connectivity index is 1.59. The smallest absolute Gasteiger partial charge is 0.311 e. The summed E-state index contributed by atoms with van der Waals surface area (Å²) in [5.74, 6) is 0.308. The first-order valence-electron chi connectivity index (χ1n) is 11.7. The lowest BCUT2D eigenvalue weighted by atomic mass is 9.83. The molecule has 9 heteroatoms. The Kier molecular flexibility index (Phi) is 5.49. The second-order valence-corrected chi connectivity index (χ2v) is 9.90. The molecule has 1 aliphatic carbocycles. The van der Waals surface area contributed by atoms with Crippen molar-refractivity contribution in [1.29, 1.82) is 0 Å². The highest BCUT2D eigenvalue weighted by Gasteiger charge is 2.32. The monoisotopic (exact) mass is 511 g/mol. The van der Waals surface area contributed by atoms with Gasteiger partial charge in [-0.1, -0.05) is 53.8 Å². The first-order chi connectivity index (χ1) is 17.9. The molecule has 0 saturated heterocycles. The van der Waals surface area contributed by atoms with Crippen LogP contribution in [0.2, 0.25) is 0 Å². The van der Waals surface area contributed by atoms with Crippen LogP contribution in [0.3, 0.4) is 0 Å². The summed E-state index contributed by atoms with van der Waals surface area (Å²) in [6.45, 7) is 0. The van der Waals surface area contributed by atoms with Crippen molar-refractivity contribution in [3.63, 3.8) is 0 Å². The molecule has 8 nitrogen and oxygen atoms in total. The number of aromatic nitrogens is 1. The van der Waals surface area contributed by atoms with E-state index in [0.29, 0.717) is 14.9 Å². The van der Waals surface area contributed by atoms with E-state index in [2.05, 4.69) is 12.1 Å². The molecule has 1 aromatic heterocycles. The summed E-state index contributed by atoms with van der Waals surface area (Å²) in [5, 5.41) is 21.1. The summed E-state index contributed by atoms with van der Waals surface area (Å²) in [7, 11) is 1.62. The Morgan fingerprint density at radius 3 is 2.68 bits per heavy atom. The fourth-order valence-electron chi connectivity index (χ4n) is 5.04. The molecular weight excluding hydrogens is 490 g/mol. The minimum Gasteiger partial charge on any atom is -0.502 e. The summed E-state index contributed by atoms with van der Waals surface area (Å²) < 4.78 is 7.47. The van der Waals surface area contributed by atoms with Crippen LogP contribution in [0.4, 0.5) is 5.69 Å². The fourth-order valence-corrected chi connectivity index (χ4v) is 6.04. The molecule has 37 heavy (non-hydrogen) atoms. The Labute approximate surface area is 214 Å². The molecule has 4 aromatic rings. The van der Waals surface area contributed by atoms with E-state index in [9.17, 15) is 20.0 Å². The van der Waals surface area contributed by atoms with E-state index in [1.807, 2.05) is 36.4 Å². The first kappa shape index (κ1) is 22.9. The van der Waals surface area contributed by atoms with Gasteiger partial charge in [0.05, 0.1) is 28.3 Å². The van der Waals surface area contributed by atoms with Gasteiger partial charge in [0.25, 0.3) is 5.56 Å². The minimum absolute atomic E-state index is 0.217. The highest BCUT2D eigenvalue weighted by Crippen LogP contribution is 2.41. The number of thiazole rings is 1. The number of aryl methyl sites for hydroxylation is 1. The Morgan fingerprint density at radius 2 is 1.92 bits per heavy atom. The van der Waals surface area contributed by atoms with Gasteiger partial charge in [-0.05, 0) is 59.4 Å². The van der Waals surface area contributed by atoms with Gasteiger partial charge >= 0.3 is 5.69 Å². The largest absolute Gasteiger partial charge is 0.502 e. The van der Waals surface area contributed by atoms with Gasteiger partial charge in [0.1, 0.15) is 5.75 Å². The van der Waals surface area contributed by atoms with Crippen molar-refractivity contribution in [2.24, 2.45) is 4.99 Å². The van der Waals surface area contributed by atoms with Crippen LogP contribution in [-0.4, -0.2) is 21.7 Å². The molecule has 3 aromatic carbocycles. The van der Waals surface area contributed by atoms with Gasteiger partial charge in [0, 0.05) is 11.6 Å². The number of benzene rings is 3. The van der Waals surface area contributed by atoms with E-state index < -0.39 is 16.4 Å². The maximum absolute atomic E-state index is 13.8. The van der Waals surface area contributed by atoms with E-state index in [-0.39, 0.29) is 11.6 Å². The average molecular weight is 512 g/mol. The van der Waals surface area contributed by atoms with Gasteiger partial charge < -0.3 is 9.84 Å². The highest BCUT2D eigenvalue weighted by atomic mass is 32.1. The number of methoxy groups -OCH3 is 1. The summed E-state index contributed by atoms with van der Waals surface area (Å²) in [5.41, 5.74) is 5.07. The fraction of sp³-hybridized carbons (Fsp3) is 0.143. The quantitative estimate of drug-likeness (QED) is 0.330. The van der Waals surface area contributed by atoms with Gasteiger partial charge in [-0.3, -0.25) is 19.5 Å². The number of aromatic hydroxyl groups is 1. The van der Waals surface area contributed by atoms with E-state index >= 15 is 0 Å². The normalized spacial score (nSPS) is 16.5. The topological polar surface area (TPSA) is 107 Å². The number of allylic oxidation sites excluding steroid dienone is 1. The molecule has 1 N–H and O–H groups in total. The van der Waals surface area contributed by atoms with Gasteiger partial charge in [-0.2, -0.15) is 0 Å². The summed E-state index contributed by atoms with van der Waals surface area (Å²) >= 11 is 1.25. The Morgan fingerprint density at radius 1 is 1.14 bits per heavy atom. The molecule has 0 saturated carbocycles. The third-order valence-electron chi connectivity index (χ3n) is 6.80. The summed E-state index contributed by atoms with van der Waals surface area (Å²) in [6.07, 6.45) is 3.25. The summed E-state index contributed by atoms with van der Waals surface area (Å²) in [4.78, 5) is 30.0. The number of fused-ring (bicyclic) bond motifs is 3. The molecule has 0 unspecified atom stereocenters. The van der Waals surface area contributed by atoms with Gasteiger partial charge in [0.15, 0.2) is 10.6 Å². The standard InChI is InChI=1S/C28H21N3O5S/c1-36-19-10-7-18(8-11-19)26-21-12-9-17-4-2-3-5-20(17)25(21)29-28-30(26)27(33)24(37-28)15-16-6-13-23(32)22(14-16)31(34)35/h2-8,10-11,13-15,26,32H,9,12H2,1H3/t26-/m0/s1. The molecule has 6 rings (SSSR count). The van der Waals surface area contributed by atoms with Crippen molar-refractivity contribution >= 4 is 28.8 Å². The molecule has 1 atom stereocenters. The van der Waals surface area contributed by atoms with E-state index in [0.717, 1.165) is 41.0 Å². The number of nitro groups is 1. The number of hydrogen-bond acceptors (Lipinski definition) is 7. The number of ether oxygens (including phenoxy) is 1. The second-order valence-electron chi connectivity index (χ2n) is 8.89. The van der Waals surface area contributed by atoms with Crippen molar-refractivity contribution < 1.29 is 14.8 Å². The third kappa shape index (κ3) is 3.84. The number of phenolic OH excluding ortho intramolecular Hbond substituents is 1. The van der Waals surface area contributed by atoms with Crippen LogP contribution in [0, 0.1) is 10.1 Å². The molecule has 184 valence electrons. The van der Waals surface area contributed by atoms with Crippen LogP contribution >= 0.6 is 11.3 Å². The second kappa shape index (κ2) is 8.86. The average Bonchev–Trinajstić information content (AvgIpc) is 3.22. The molecule has 1 aliphatic heterocycles. The van der Waals surface area contributed by atoms with Crippen molar-refractivity contribution in [1.82, 2.24) is 4.57 Å². The van der Waals surface area contributed by atoms with Crippen LogP contribution in [0.1, 0.15) is 34.7 Å². The molecular formula is C28H21N3O5S. The molecule has 0 fully saturated rings. The van der Waals surface area contributed by atoms with Crippen molar-refractivity contribution in [2.45, 2.75) is 18.9 Å². The minimum atomic E-state index is -0.649. The summed E-state index contributed by atoms with van der Waals surface area (Å²) in [6, 6.07) is 19.7. The van der Waals surface area contributed by atoms with Crippen LogP contribution in [0.5, 0.6) is 11.5 Å². The van der Waals surface area contributed by atoms with E-state index in [1.165, 1.54) is 29.0 Å². The molecule has 0 bridgehead atoms. The number of phenols is 1. The maximum Gasteiger partial charge on any atom is 0.311 e. The zero-order valence-electron chi connectivity index (χ0n) is 19.7. The maximum atomic E-state index is 13.8. The van der Waals surface area contributed by atoms with Crippen LogP contribution in [0.25, 0.3) is 11.8 Å². The Bertz CT molecular complexity index is 1780. The van der Waals surface area contributed by atoms with Gasteiger partial charge in [-0.25, -0.2) is 4.99 Å². The lowest BCUT2D eigenvalue weighted by molar-refractivity contribution is -0.385. The third-order valence-corrected chi connectivity index (χ3v) is 7.78. The molecule has 0 amide bonds. The van der Waals surface area contributed by atoms with Crippen molar-refractivity contribution in [2.75, 3.05) is 7.11 Å². The molecule has 2 heterocycles. The van der Waals surface area contributed by atoms with Gasteiger partial charge in [0.2, 0.25) is 0 Å². The Hall–Kier alpha value is -4.50. The molecule has 0 radical (unpaired) electrons. The lowest BCUT2D eigenvalue weighted by Gasteiger charge is -2.30. The van der Waals surface area contributed by atoms with Crippen molar-refractivity contribution in [3.05, 3.63) is 124 Å². The van der Waals surface area contributed by atoms with Crippen molar-refractivity contribution in [3.8, 4) is 11.5 Å². The number of nitro benzene ring substituents is 1. The van der Waals surface area contributed by atoms with Crippen LogP contribution in [-0.2, 0) is 6.42 Å². The first-order valence-corrected chi connectivity index (χ1v) is 12.5. The molecule has 0 spiro atoms. The van der Waals surface area contributed by atoms with Crippen LogP contribution < -0.4 is 19.6 Å². The van der Waals surface area contributed by atoms with Crippen LogP contribution in [0.15, 0.2) is 82.1 Å². The SMILES string of the molecule is COc1ccc([C@H]2C3=C(N=c4sc(=Cc5ccc(O)c([N+](=O)[O-])c5)c(=O)n42)c2ccccc2CC3)cc1. The number of hydrogen-bond donors (Lipinski definition) is 1.